The lowest BCUT2D eigenvalue weighted by atomic mass is 10.1. The van der Waals surface area contributed by atoms with Gasteiger partial charge in [0, 0.05) is 9.15 Å². The molecular weight excluding hydrogens is 326 g/mol. The Labute approximate surface area is 89.6 Å². The van der Waals surface area contributed by atoms with Gasteiger partial charge in [-0.2, -0.15) is 22.0 Å². The second-order valence-electron chi connectivity index (χ2n) is 2.27. The summed E-state index contributed by atoms with van der Waals surface area (Å²) in [5.41, 5.74) is -1.52. The van der Waals surface area contributed by atoms with Crippen LogP contribution in [0, 0.1) is 0 Å². The molecule has 8 heteroatoms. The molecule has 0 aromatic heterocycles. The maximum atomic E-state index is 12.6. The van der Waals surface area contributed by atoms with E-state index in [4.69, 9.17) is 10.2 Å². The first-order valence-corrected chi connectivity index (χ1v) is 4.30. The van der Waals surface area contributed by atoms with Gasteiger partial charge in [-0.1, -0.05) is 0 Å². The minimum Gasteiger partial charge on any atom is -0.392 e. The number of aliphatic hydroxyl groups is 2. The monoisotopic (exact) mass is 332 g/mol. The highest BCUT2D eigenvalue weighted by Gasteiger charge is 2.60. The number of hydrogen-bond donors (Lipinski definition) is 2. The molecule has 84 valence electrons. The van der Waals surface area contributed by atoms with Gasteiger partial charge in [0.15, 0.2) is 0 Å². The molecule has 0 fully saturated rings. The summed E-state index contributed by atoms with van der Waals surface area (Å²) in [6.07, 6.45) is -5.77. The highest BCUT2D eigenvalue weighted by Crippen LogP contribution is 2.42. The average molecular weight is 332 g/mol. The maximum absolute atomic E-state index is 12.6. The van der Waals surface area contributed by atoms with Crippen LogP contribution in [-0.2, 0) is 0 Å². The van der Waals surface area contributed by atoms with Crippen LogP contribution in [0.3, 0.4) is 0 Å². The van der Waals surface area contributed by atoms with Gasteiger partial charge < -0.3 is 10.2 Å². The SMILES string of the molecule is OC/C(I)=C(\CO)C(F)(F)C(F)(F)F. The third-order valence-corrected chi connectivity index (χ3v) is 2.35. The summed E-state index contributed by atoms with van der Waals surface area (Å²) < 4.78 is 59.9. The molecule has 0 saturated carbocycles. The van der Waals surface area contributed by atoms with Crippen LogP contribution >= 0.6 is 22.6 Å². The zero-order valence-corrected chi connectivity index (χ0v) is 8.73. The van der Waals surface area contributed by atoms with Crippen LogP contribution in [0.25, 0.3) is 0 Å². The summed E-state index contributed by atoms with van der Waals surface area (Å²) >= 11 is 1.12. The number of aliphatic hydroxyl groups excluding tert-OH is 2. The van der Waals surface area contributed by atoms with E-state index in [1.165, 1.54) is 0 Å². The predicted octanol–water partition coefficient (Wildman–Crippen LogP) is 1.86. The van der Waals surface area contributed by atoms with Crippen molar-refractivity contribution in [3.8, 4) is 0 Å². The van der Waals surface area contributed by atoms with Crippen molar-refractivity contribution in [2.45, 2.75) is 12.1 Å². The van der Waals surface area contributed by atoms with Gasteiger partial charge in [0.05, 0.1) is 13.2 Å². The van der Waals surface area contributed by atoms with Crippen LogP contribution < -0.4 is 0 Å². The summed E-state index contributed by atoms with van der Waals surface area (Å²) in [6.45, 7) is -2.42. The molecule has 0 spiro atoms. The molecule has 0 saturated heterocycles. The molecule has 0 bridgehead atoms. The van der Waals surface area contributed by atoms with Crippen molar-refractivity contribution in [1.29, 1.82) is 0 Å². The van der Waals surface area contributed by atoms with Crippen molar-refractivity contribution in [2.75, 3.05) is 13.2 Å². The third kappa shape index (κ3) is 2.76. The van der Waals surface area contributed by atoms with E-state index in [0.29, 0.717) is 0 Å². The smallest absolute Gasteiger partial charge is 0.392 e. The van der Waals surface area contributed by atoms with Crippen LogP contribution in [-0.4, -0.2) is 35.5 Å². The van der Waals surface area contributed by atoms with Gasteiger partial charge in [0.2, 0.25) is 0 Å². The molecule has 0 amide bonds. The van der Waals surface area contributed by atoms with Crippen molar-refractivity contribution >= 4 is 22.6 Å². The average Bonchev–Trinajstić information content (AvgIpc) is 2.02. The molecule has 0 aliphatic carbocycles. The van der Waals surface area contributed by atoms with E-state index >= 15 is 0 Å². The first-order valence-electron chi connectivity index (χ1n) is 3.22. The summed E-state index contributed by atoms with van der Waals surface area (Å²) in [7, 11) is 0. The summed E-state index contributed by atoms with van der Waals surface area (Å²) in [5, 5.41) is 16.8. The lowest BCUT2D eigenvalue weighted by molar-refractivity contribution is -0.266. The number of rotatable bonds is 3. The van der Waals surface area contributed by atoms with Gasteiger partial charge in [-0.3, -0.25) is 0 Å². The highest BCUT2D eigenvalue weighted by molar-refractivity contribution is 14.1. The molecule has 0 aromatic carbocycles. The van der Waals surface area contributed by atoms with Gasteiger partial charge in [0.1, 0.15) is 0 Å². The Morgan fingerprint density at radius 3 is 1.64 bits per heavy atom. The molecule has 14 heavy (non-hydrogen) atoms. The summed E-state index contributed by atoms with van der Waals surface area (Å²) in [4.78, 5) is 0. The molecule has 0 aliphatic rings. The molecule has 0 heterocycles. The second kappa shape index (κ2) is 4.71. The minimum absolute atomic E-state index is 0.618. The van der Waals surface area contributed by atoms with Gasteiger partial charge in [-0.25, -0.2) is 0 Å². The fourth-order valence-corrected chi connectivity index (χ4v) is 1.13. The van der Waals surface area contributed by atoms with Crippen molar-refractivity contribution < 1.29 is 32.2 Å². The Bertz CT molecular complexity index is 235. The molecule has 0 atom stereocenters. The van der Waals surface area contributed by atoms with Gasteiger partial charge in [-0.15, -0.1) is 0 Å². The van der Waals surface area contributed by atoms with Crippen LogP contribution in [0.5, 0.6) is 0 Å². The maximum Gasteiger partial charge on any atom is 0.457 e. The fourth-order valence-electron chi connectivity index (χ4n) is 0.622. The van der Waals surface area contributed by atoms with Crippen LogP contribution in [0.1, 0.15) is 0 Å². The standard InChI is InChI=1S/C6H6F5IO2/c7-5(8,6(9,10)11)3(1-13)4(12)2-14/h13-14H,1-2H2/b4-3-. The predicted molar refractivity (Wildman–Crippen MR) is 46.2 cm³/mol. The quantitative estimate of drug-likeness (QED) is 0.612. The Morgan fingerprint density at radius 2 is 1.43 bits per heavy atom. The van der Waals surface area contributed by atoms with Gasteiger partial charge in [-0.05, 0) is 22.6 Å². The highest BCUT2D eigenvalue weighted by atomic mass is 127. The molecule has 0 aliphatic heterocycles. The number of halogens is 6. The Morgan fingerprint density at radius 1 is 1.00 bits per heavy atom. The van der Waals surface area contributed by atoms with E-state index in [0.717, 1.165) is 22.6 Å². The normalized spacial score (nSPS) is 15.4. The summed E-state index contributed by atoms with van der Waals surface area (Å²) in [5.74, 6) is -5.11. The Balaban J connectivity index is 5.25. The molecule has 2 N–H and O–H groups in total. The largest absolute Gasteiger partial charge is 0.457 e. The van der Waals surface area contributed by atoms with Crippen LogP contribution in [0.15, 0.2) is 9.15 Å². The van der Waals surface area contributed by atoms with Crippen LogP contribution in [0.2, 0.25) is 0 Å². The number of hydrogen-bond acceptors (Lipinski definition) is 2. The van der Waals surface area contributed by atoms with Crippen molar-refractivity contribution in [3.63, 3.8) is 0 Å². The molecule has 0 unspecified atom stereocenters. The summed E-state index contributed by atoms with van der Waals surface area (Å²) in [6, 6.07) is 0. The topological polar surface area (TPSA) is 40.5 Å². The van der Waals surface area contributed by atoms with E-state index in [-0.39, 0.29) is 0 Å². The zero-order chi connectivity index (χ0) is 11.6. The Kier molecular flexibility index (Phi) is 4.72. The minimum atomic E-state index is -5.77. The number of alkyl halides is 5. The molecular formula is C6H6F5IO2. The fraction of sp³-hybridized carbons (Fsp3) is 0.667. The van der Waals surface area contributed by atoms with E-state index in [1.807, 2.05) is 0 Å². The first-order chi connectivity index (χ1) is 6.18. The van der Waals surface area contributed by atoms with E-state index < -0.39 is 34.5 Å². The second-order valence-corrected chi connectivity index (χ2v) is 3.57. The zero-order valence-electron chi connectivity index (χ0n) is 6.58. The van der Waals surface area contributed by atoms with Gasteiger partial charge >= 0.3 is 12.1 Å². The Hall–Kier alpha value is 0.0400. The third-order valence-electron chi connectivity index (χ3n) is 1.36. The molecule has 0 aromatic rings. The molecule has 0 radical (unpaired) electrons. The van der Waals surface area contributed by atoms with Crippen molar-refractivity contribution in [1.82, 2.24) is 0 Å². The van der Waals surface area contributed by atoms with E-state index in [9.17, 15) is 22.0 Å². The lowest BCUT2D eigenvalue weighted by Crippen LogP contribution is -2.40. The first kappa shape index (κ1) is 14.0. The van der Waals surface area contributed by atoms with Crippen molar-refractivity contribution in [2.24, 2.45) is 0 Å². The van der Waals surface area contributed by atoms with Crippen molar-refractivity contribution in [3.05, 3.63) is 9.15 Å². The van der Waals surface area contributed by atoms with E-state index in [2.05, 4.69) is 0 Å². The van der Waals surface area contributed by atoms with Gasteiger partial charge in [0.25, 0.3) is 0 Å². The van der Waals surface area contributed by atoms with Crippen LogP contribution in [0.4, 0.5) is 22.0 Å². The van der Waals surface area contributed by atoms with E-state index in [1.54, 1.807) is 0 Å². The lowest BCUT2D eigenvalue weighted by Gasteiger charge is -2.22. The molecule has 2 nitrogen and oxygen atoms in total. The molecule has 0 rings (SSSR count).